The second-order valence-electron chi connectivity index (χ2n) is 9.00. The maximum Gasteiger partial charge on any atom is 0.419 e. The third-order valence-corrected chi connectivity index (χ3v) is 6.30. The molecule has 0 heterocycles. The molecule has 4 nitrogen and oxygen atoms in total. The van der Waals surface area contributed by atoms with Gasteiger partial charge in [0, 0.05) is 11.1 Å². The van der Waals surface area contributed by atoms with E-state index in [4.69, 9.17) is 4.74 Å². The molecule has 8 heteroatoms. The van der Waals surface area contributed by atoms with Crippen molar-refractivity contribution in [2.75, 3.05) is 7.11 Å². The zero-order valence-corrected chi connectivity index (χ0v) is 18.3. The number of methoxy groups -OCH3 is 1. The van der Waals surface area contributed by atoms with Gasteiger partial charge in [-0.2, -0.15) is 13.2 Å². The topological polar surface area (TPSA) is 58.6 Å². The van der Waals surface area contributed by atoms with E-state index in [1.807, 2.05) is 12.1 Å². The van der Waals surface area contributed by atoms with Gasteiger partial charge in [-0.25, -0.2) is 4.39 Å². The minimum atomic E-state index is -5.06. The summed E-state index contributed by atoms with van der Waals surface area (Å²) in [7, 11) is 1.22. The van der Waals surface area contributed by atoms with Crippen molar-refractivity contribution in [2.24, 2.45) is 0 Å². The van der Waals surface area contributed by atoms with Gasteiger partial charge in [0.2, 0.25) is 0 Å². The summed E-state index contributed by atoms with van der Waals surface area (Å²) >= 11 is 0. The number of hydrogen-bond acceptors (Lipinski definition) is 3. The van der Waals surface area contributed by atoms with Gasteiger partial charge < -0.3 is 15.2 Å². The third-order valence-electron chi connectivity index (χ3n) is 6.30. The van der Waals surface area contributed by atoms with E-state index < -0.39 is 41.4 Å². The first kappa shape index (κ1) is 23.0. The molecule has 0 aromatic heterocycles. The van der Waals surface area contributed by atoms with E-state index in [9.17, 15) is 27.5 Å². The molecule has 1 aliphatic rings. The highest BCUT2D eigenvalue weighted by Crippen LogP contribution is 2.55. The van der Waals surface area contributed by atoms with Gasteiger partial charge in [-0.3, -0.25) is 4.79 Å². The first-order valence-electron chi connectivity index (χ1n) is 10.3. The van der Waals surface area contributed by atoms with Crippen LogP contribution in [0, 0.1) is 5.82 Å². The Labute approximate surface area is 188 Å². The zero-order chi connectivity index (χ0) is 24.2. The average molecular weight is 461 g/mol. The molecular weight excluding hydrogens is 438 g/mol. The van der Waals surface area contributed by atoms with Crippen LogP contribution in [0.25, 0.3) is 10.8 Å². The summed E-state index contributed by atoms with van der Waals surface area (Å²) in [5.74, 6) is -1.73. The molecule has 0 saturated carbocycles. The Morgan fingerprint density at radius 2 is 1.76 bits per heavy atom. The highest BCUT2D eigenvalue weighted by molar-refractivity contribution is 5.98. The zero-order valence-electron chi connectivity index (χ0n) is 18.3. The van der Waals surface area contributed by atoms with Crippen molar-refractivity contribution in [1.82, 2.24) is 5.32 Å². The molecule has 3 aromatic rings. The Kier molecular flexibility index (Phi) is 5.40. The minimum Gasteiger partial charge on any atom is -0.493 e. The molecule has 1 aliphatic carbocycles. The number of ether oxygens (including phenoxy) is 1. The smallest absolute Gasteiger partial charge is 0.419 e. The second kappa shape index (κ2) is 7.73. The van der Waals surface area contributed by atoms with Crippen molar-refractivity contribution < 1.29 is 32.2 Å². The van der Waals surface area contributed by atoms with E-state index in [2.05, 4.69) is 5.32 Å². The Balaban J connectivity index is 1.85. The monoisotopic (exact) mass is 461 g/mol. The molecule has 0 aliphatic heterocycles. The van der Waals surface area contributed by atoms with E-state index in [0.29, 0.717) is 0 Å². The number of carbonyl (C=O) groups excluding carboxylic acids is 1. The largest absolute Gasteiger partial charge is 0.493 e. The van der Waals surface area contributed by atoms with Crippen molar-refractivity contribution in [2.45, 2.75) is 43.5 Å². The number of hydrogen-bond donors (Lipinski definition) is 2. The van der Waals surface area contributed by atoms with Crippen molar-refractivity contribution in [3.8, 4) is 5.75 Å². The Bertz CT molecular complexity index is 1240. The van der Waals surface area contributed by atoms with Crippen LogP contribution in [0.2, 0.25) is 0 Å². The van der Waals surface area contributed by atoms with Gasteiger partial charge in [-0.05, 0) is 46.4 Å². The Morgan fingerprint density at radius 1 is 1.09 bits per heavy atom. The van der Waals surface area contributed by atoms with E-state index in [-0.39, 0.29) is 22.4 Å². The first-order chi connectivity index (χ1) is 15.4. The fourth-order valence-electron chi connectivity index (χ4n) is 4.84. The highest BCUT2D eigenvalue weighted by Gasteiger charge is 2.64. The molecule has 2 atom stereocenters. The summed E-state index contributed by atoms with van der Waals surface area (Å²) < 4.78 is 62.3. The van der Waals surface area contributed by atoms with Crippen LogP contribution >= 0.6 is 0 Å². The normalized spacial score (nSPS) is 22.0. The lowest BCUT2D eigenvalue weighted by Gasteiger charge is -2.49. The van der Waals surface area contributed by atoms with Crippen molar-refractivity contribution in [1.29, 1.82) is 0 Å². The standard InChI is InChI=1S/C25H23F4NO3/c1-23(2)13-24(32,25(27,28)29)21(17-10-11-18(26)20(33-3)19(17)23)30-22(31)16-9-8-14-6-4-5-7-15(14)12-16/h4-12,21,32H,13H2,1-3H3,(H,30,31)/t21-,24-/m1/s1. The number of fused-ring (bicyclic) bond motifs is 2. The fourth-order valence-corrected chi connectivity index (χ4v) is 4.84. The number of alkyl halides is 3. The van der Waals surface area contributed by atoms with Gasteiger partial charge in [0.05, 0.1) is 13.2 Å². The van der Waals surface area contributed by atoms with E-state index in [1.165, 1.54) is 27.0 Å². The number of rotatable bonds is 3. The molecule has 0 fully saturated rings. The van der Waals surface area contributed by atoms with Crippen LogP contribution in [-0.4, -0.2) is 29.9 Å². The third kappa shape index (κ3) is 3.72. The van der Waals surface area contributed by atoms with E-state index >= 15 is 0 Å². The van der Waals surface area contributed by atoms with Gasteiger partial charge in [0.25, 0.3) is 5.91 Å². The number of benzene rings is 3. The quantitative estimate of drug-likeness (QED) is 0.511. The molecule has 1 amide bonds. The summed E-state index contributed by atoms with van der Waals surface area (Å²) in [6, 6.07) is 12.3. The predicted molar refractivity (Wildman–Crippen MR) is 116 cm³/mol. The molecule has 33 heavy (non-hydrogen) atoms. The summed E-state index contributed by atoms with van der Waals surface area (Å²) in [5.41, 5.74) is -4.30. The summed E-state index contributed by atoms with van der Waals surface area (Å²) in [5, 5.41) is 15.0. The van der Waals surface area contributed by atoms with E-state index in [0.717, 1.165) is 22.9 Å². The van der Waals surface area contributed by atoms with Crippen molar-refractivity contribution >= 4 is 16.7 Å². The summed E-state index contributed by atoms with van der Waals surface area (Å²) in [4.78, 5) is 13.1. The Hall–Kier alpha value is -3.13. The minimum absolute atomic E-state index is 0.0431. The summed E-state index contributed by atoms with van der Waals surface area (Å²) in [6.07, 6.45) is -5.86. The molecule has 174 valence electrons. The number of carbonyl (C=O) groups is 1. The SMILES string of the molecule is COc1c(F)ccc2c1C(C)(C)C[C@](O)(C(F)(F)F)[C@@H]2NC(=O)c1ccc2ccccc2c1. The molecule has 0 radical (unpaired) electrons. The number of halogens is 4. The molecule has 0 bridgehead atoms. The molecule has 4 rings (SSSR count). The lowest BCUT2D eigenvalue weighted by atomic mass is 9.63. The van der Waals surface area contributed by atoms with Gasteiger partial charge in [0.1, 0.15) is 0 Å². The Morgan fingerprint density at radius 3 is 2.39 bits per heavy atom. The van der Waals surface area contributed by atoms with Crippen molar-refractivity contribution in [3.63, 3.8) is 0 Å². The lowest BCUT2D eigenvalue weighted by Crippen LogP contribution is -2.60. The van der Waals surface area contributed by atoms with Crippen LogP contribution in [0.1, 0.15) is 47.8 Å². The molecule has 0 spiro atoms. The van der Waals surface area contributed by atoms with Crippen LogP contribution in [0.3, 0.4) is 0 Å². The van der Waals surface area contributed by atoms with E-state index in [1.54, 1.807) is 24.3 Å². The first-order valence-corrected chi connectivity index (χ1v) is 10.3. The van der Waals surface area contributed by atoms with Crippen LogP contribution in [0.15, 0.2) is 54.6 Å². The van der Waals surface area contributed by atoms with Gasteiger partial charge in [-0.1, -0.05) is 50.2 Å². The lowest BCUT2D eigenvalue weighted by molar-refractivity contribution is -0.280. The maximum atomic E-state index is 14.5. The van der Waals surface area contributed by atoms with Crippen LogP contribution in [0.4, 0.5) is 17.6 Å². The van der Waals surface area contributed by atoms with Crippen LogP contribution < -0.4 is 10.1 Å². The molecule has 2 N–H and O–H groups in total. The number of nitrogens with one attached hydrogen (secondary N) is 1. The van der Waals surface area contributed by atoms with Gasteiger partial charge in [-0.15, -0.1) is 0 Å². The molecule has 0 saturated heterocycles. The highest BCUT2D eigenvalue weighted by atomic mass is 19.4. The summed E-state index contributed by atoms with van der Waals surface area (Å²) in [6.45, 7) is 2.96. The molecule has 0 unspecified atom stereocenters. The van der Waals surface area contributed by atoms with Crippen molar-refractivity contribution in [3.05, 3.63) is 77.1 Å². The van der Waals surface area contributed by atoms with Crippen LogP contribution in [-0.2, 0) is 5.41 Å². The fraction of sp³-hybridized carbons (Fsp3) is 0.320. The maximum absolute atomic E-state index is 14.5. The van der Waals surface area contributed by atoms with Crippen LogP contribution in [0.5, 0.6) is 5.75 Å². The number of amides is 1. The van der Waals surface area contributed by atoms with Gasteiger partial charge in [0.15, 0.2) is 17.2 Å². The number of aliphatic hydroxyl groups is 1. The predicted octanol–water partition coefficient (Wildman–Crippen LogP) is 5.43. The molecule has 3 aromatic carbocycles. The average Bonchev–Trinajstić information content (AvgIpc) is 2.75. The molecular formula is C25H23F4NO3. The second-order valence-corrected chi connectivity index (χ2v) is 9.00. The van der Waals surface area contributed by atoms with Gasteiger partial charge >= 0.3 is 6.18 Å².